The highest BCUT2D eigenvalue weighted by molar-refractivity contribution is 6.01. The molecule has 0 radical (unpaired) electrons. The maximum absolute atomic E-state index is 13.5. The molecule has 5 rings (SSSR count). The van der Waals surface area contributed by atoms with E-state index in [9.17, 15) is 22.8 Å². The lowest BCUT2D eigenvalue weighted by atomic mass is 10.1. The Balaban J connectivity index is 1.63. The van der Waals surface area contributed by atoms with Crippen LogP contribution in [0.15, 0.2) is 84.1 Å². The third kappa shape index (κ3) is 4.42. The van der Waals surface area contributed by atoms with Crippen molar-refractivity contribution in [3.05, 3.63) is 106 Å². The van der Waals surface area contributed by atoms with Gasteiger partial charge in [-0.1, -0.05) is 6.07 Å². The van der Waals surface area contributed by atoms with Crippen molar-refractivity contribution in [1.29, 1.82) is 0 Å². The molecule has 7 nitrogen and oxygen atoms in total. The molecule has 0 fully saturated rings. The van der Waals surface area contributed by atoms with Gasteiger partial charge in [0.15, 0.2) is 11.4 Å². The third-order valence-corrected chi connectivity index (χ3v) is 6.12. The predicted octanol–water partition coefficient (Wildman–Crippen LogP) is 5.20. The maximum atomic E-state index is 13.5. The number of hydrogen-bond acceptors (Lipinski definition) is 5. The van der Waals surface area contributed by atoms with E-state index in [1.807, 2.05) is 13.0 Å². The van der Waals surface area contributed by atoms with Gasteiger partial charge in [-0.05, 0) is 61.5 Å². The predicted molar refractivity (Wildman–Crippen MR) is 133 cm³/mol. The number of nitrogens with one attached hydrogen (secondary N) is 1. The summed E-state index contributed by atoms with van der Waals surface area (Å²) in [6.07, 6.45) is 0.106. The van der Waals surface area contributed by atoms with Crippen molar-refractivity contribution >= 4 is 22.5 Å². The van der Waals surface area contributed by atoms with Crippen LogP contribution in [0.4, 0.5) is 18.9 Å². The lowest BCUT2D eigenvalue weighted by Crippen LogP contribution is -2.29. The minimum atomic E-state index is -4.51. The van der Waals surface area contributed by atoms with Gasteiger partial charge in [0, 0.05) is 36.1 Å². The minimum Gasteiger partial charge on any atom is -0.460 e. The summed E-state index contributed by atoms with van der Waals surface area (Å²) in [6.45, 7) is 1.81. The average molecular weight is 506 g/mol. The van der Waals surface area contributed by atoms with E-state index in [-0.39, 0.29) is 29.1 Å². The summed E-state index contributed by atoms with van der Waals surface area (Å²) in [5.74, 6) is -0.110. The lowest BCUT2D eigenvalue weighted by Gasteiger charge is -2.25. The highest BCUT2D eigenvalue weighted by Crippen LogP contribution is 2.37. The summed E-state index contributed by atoms with van der Waals surface area (Å²) in [5, 5.41) is 3.35. The Hall–Kier alpha value is -4.60. The molecular formula is C27H21F3N4O3. The molecule has 37 heavy (non-hydrogen) atoms. The number of halogens is 3. The first-order chi connectivity index (χ1) is 17.6. The van der Waals surface area contributed by atoms with Crippen LogP contribution >= 0.6 is 0 Å². The van der Waals surface area contributed by atoms with Gasteiger partial charge in [0.1, 0.15) is 6.26 Å². The first kappa shape index (κ1) is 24.1. The Bertz CT molecular complexity index is 1580. The Morgan fingerprint density at radius 2 is 1.84 bits per heavy atom. The van der Waals surface area contributed by atoms with Gasteiger partial charge in [-0.15, -0.1) is 0 Å². The molecule has 0 saturated carbocycles. The van der Waals surface area contributed by atoms with Gasteiger partial charge >= 0.3 is 6.18 Å². The van der Waals surface area contributed by atoms with Crippen molar-refractivity contribution in [2.45, 2.75) is 19.1 Å². The van der Waals surface area contributed by atoms with Crippen molar-refractivity contribution in [2.75, 3.05) is 11.9 Å². The number of fused-ring (bicyclic) bond motifs is 3. The number of carbonyl (C=O) groups excluding carboxylic acids is 1. The molecule has 1 aliphatic rings. The van der Waals surface area contributed by atoms with E-state index in [1.165, 1.54) is 23.0 Å². The number of hydrogen-bond donors (Lipinski definition) is 1. The van der Waals surface area contributed by atoms with Crippen LogP contribution in [0.25, 0.3) is 16.6 Å². The van der Waals surface area contributed by atoms with E-state index in [1.54, 1.807) is 54.7 Å². The Morgan fingerprint density at radius 1 is 1.08 bits per heavy atom. The molecule has 0 aliphatic carbocycles. The number of amides is 1. The van der Waals surface area contributed by atoms with Gasteiger partial charge in [-0.3, -0.25) is 19.1 Å². The molecular weight excluding hydrogens is 485 g/mol. The number of benzene rings is 2. The number of rotatable bonds is 4. The van der Waals surface area contributed by atoms with Gasteiger partial charge in [-0.2, -0.15) is 13.2 Å². The SMILES string of the molecule is C[C@H](NC(=O)c1ccc2c(c1)c1c(c(=O)n2-c2ccc(C(F)(F)F)cc2)N(C)C=CO1)c1ccccn1. The molecule has 2 aromatic carbocycles. The van der Waals surface area contributed by atoms with Crippen molar-refractivity contribution in [3.63, 3.8) is 0 Å². The van der Waals surface area contributed by atoms with Crippen LogP contribution < -0.4 is 20.5 Å². The fourth-order valence-corrected chi connectivity index (χ4v) is 4.23. The summed E-state index contributed by atoms with van der Waals surface area (Å²) >= 11 is 0. The van der Waals surface area contributed by atoms with Crippen molar-refractivity contribution < 1.29 is 22.7 Å². The van der Waals surface area contributed by atoms with Crippen LogP contribution in [-0.2, 0) is 6.18 Å². The quantitative estimate of drug-likeness (QED) is 0.412. The largest absolute Gasteiger partial charge is 0.460 e. The summed E-state index contributed by atoms with van der Waals surface area (Å²) in [7, 11) is 1.66. The zero-order chi connectivity index (χ0) is 26.3. The Kier molecular flexibility index (Phi) is 5.94. The van der Waals surface area contributed by atoms with E-state index in [4.69, 9.17) is 4.74 Å². The van der Waals surface area contributed by atoms with Crippen molar-refractivity contribution in [1.82, 2.24) is 14.9 Å². The molecule has 0 unspecified atom stereocenters. The summed E-state index contributed by atoms with van der Waals surface area (Å²) in [4.78, 5) is 32.4. The number of anilines is 1. The van der Waals surface area contributed by atoms with Crippen LogP contribution in [0.2, 0.25) is 0 Å². The van der Waals surface area contributed by atoms with Crippen LogP contribution in [0.3, 0.4) is 0 Å². The second-order valence-corrected chi connectivity index (χ2v) is 8.56. The van der Waals surface area contributed by atoms with E-state index < -0.39 is 17.3 Å². The van der Waals surface area contributed by atoms with Crippen LogP contribution in [-0.4, -0.2) is 22.5 Å². The highest BCUT2D eigenvalue weighted by atomic mass is 19.4. The summed E-state index contributed by atoms with van der Waals surface area (Å²) in [6, 6.07) is 14.1. The number of ether oxygens (including phenoxy) is 1. The zero-order valence-corrected chi connectivity index (χ0v) is 19.8. The van der Waals surface area contributed by atoms with Crippen molar-refractivity contribution in [3.8, 4) is 11.4 Å². The van der Waals surface area contributed by atoms with E-state index in [0.29, 0.717) is 22.2 Å². The first-order valence-corrected chi connectivity index (χ1v) is 11.3. The van der Waals surface area contributed by atoms with Crippen LogP contribution in [0.1, 0.15) is 34.6 Å². The van der Waals surface area contributed by atoms with Gasteiger partial charge in [0.05, 0.1) is 22.8 Å². The summed E-state index contributed by atoms with van der Waals surface area (Å²) < 4.78 is 46.3. The number of pyridine rings is 2. The monoisotopic (exact) mass is 506 g/mol. The minimum absolute atomic E-state index is 0.189. The fourth-order valence-electron chi connectivity index (χ4n) is 4.23. The molecule has 0 bridgehead atoms. The Morgan fingerprint density at radius 3 is 2.51 bits per heavy atom. The smallest absolute Gasteiger partial charge is 0.416 e. The van der Waals surface area contributed by atoms with Gasteiger partial charge in [-0.25, -0.2) is 0 Å². The lowest BCUT2D eigenvalue weighted by molar-refractivity contribution is -0.137. The van der Waals surface area contributed by atoms with Gasteiger partial charge < -0.3 is 15.0 Å². The maximum Gasteiger partial charge on any atom is 0.416 e. The normalized spacial score (nSPS) is 13.7. The van der Waals surface area contributed by atoms with E-state index in [2.05, 4.69) is 10.3 Å². The fraction of sp³-hybridized carbons (Fsp3) is 0.148. The third-order valence-electron chi connectivity index (χ3n) is 6.12. The molecule has 3 heterocycles. The highest BCUT2D eigenvalue weighted by Gasteiger charge is 2.30. The van der Waals surface area contributed by atoms with E-state index >= 15 is 0 Å². The zero-order valence-electron chi connectivity index (χ0n) is 19.8. The second kappa shape index (κ2) is 9.12. The first-order valence-electron chi connectivity index (χ1n) is 11.3. The molecule has 10 heteroatoms. The van der Waals surface area contributed by atoms with Crippen LogP contribution in [0.5, 0.6) is 5.75 Å². The molecule has 1 N–H and O–H groups in total. The van der Waals surface area contributed by atoms with Gasteiger partial charge in [0.25, 0.3) is 11.5 Å². The molecule has 1 amide bonds. The molecule has 2 aromatic heterocycles. The number of alkyl halides is 3. The second-order valence-electron chi connectivity index (χ2n) is 8.56. The standard InChI is InChI=1S/C27H21F3N4O3/c1-16(21-5-3-4-12-31-21)32-25(35)17-6-11-22-20(15-17)24-23(33(2)13-14-37-24)26(36)34(22)19-9-7-18(8-10-19)27(28,29)30/h3-16H,1-2H3,(H,32,35)/t16-/m0/s1. The number of nitrogens with zero attached hydrogens (tertiary/aromatic N) is 3. The topological polar surface area (TPSA) is 76.5 Å². The number of aromatic nitrogens is 2. The van der Waals surface area contributed by atoms with Crippen LogP contribution in [0, 0.1) is 0 Å². The van der Waals surface area contributed by atoms with E-state index in [0.717, 1.165) is 12.1 Å². The summed E-state index contributed by atoms with van der Waals surface area (Å²) in [5.41, 5.74) is 0.521. The molecule has 1 aliphatic heterocycles. The Labute approximate surface area is 209 Å². The van der Waals surface area contributed by atoms with Crippen molar-refractivity contribution in [2.24, 2.45) is 0 Å². The molecule has 188 valence electrons. The molecule has 4 aromatic rings. The number of carbonyl (C=O) groups is 1. The molecule has 0 spiro atoms. The molecule has 0 saturated heterocycles. The van der Waals surface area contributed by atoms with Gasteiger partial charge in [0.2, 0.25) is 0 Å². The average Bonchev–Trinajstić information content (AvgIpc) is 2.89. The molecule has 1 atom stereocenters.